The van der Waals surface area contributed by atoms with Crippen LogP contribution in [0.5, 0.6) is 0 Å². The minimum absolute atomic E-state index is 0.0120. The lowest BCUT2D eigenvalue weighted by Gasteiger charge is -2.23. The molecule has 33 heavy (non-hydrogen) atoms. The van der Waals surface area contributed by atoms with Crippen LogP contribution in [0, 0.1) is 10.1 Å². The van der Waals surface area contributed by atoms with Crippen molar-refractivity contribution in [2.24, 2.45) is 0 Å². The summed E-state index contributed by atoms with van der Waals surface area (Å²) in [6.07, 6.45) is 1.34. The van der Waals surface area contributed by atoms with Crippen LogP contribution in [-0.2, 0) is 14.3 Å². The molecular weight excluding hydrogens is 432 g/mol. The molecule has 0 saturated carbocycles. The number of carbonyl (C=O) groups excluding carboxylic acids is 3. The molecule has 1 saturated heterocycles. The zero-order valence-corrected chi connectivity index (χ0v) is 17.1. The molecule has 1 aliphatic heterocycles. The fourth-order valence-corrected chi connectivity index (χ4v) is 3.64. The predicted octanol–water partition coefficient (Wildman–Crippen LogP) is 3.60. The lowest BCUT2D eigenvalue weighted by atomic mass is 9.99. The summed E-state index contributed by atoms with van der Waals surface area (Å²) in [7, 11) is 1.21. The molecule has 1 aromatic heterocycles. The Bertz CT molecular complexity index is 1310. The van der Waals surface area contributed by atoms with E-state index in [4.69, 9.17) is 9.15 Å². The number of anilines is 1. The Morgan fingerprint density at radius 1 is 1.09 bits per heavy atom. The Morgan fingerprint density at radius 3 is 2.48 bits per heavy atom. The number of nitro groups is 1. The van der Waals surface area contributed by atoms with Gasteiger partial charge in [0.15, 0.2) is 0 Å². The molecule has 2 aromatic carbocycles. The number of nitro benzene ring substituents is 1. The number of hydrogen-bond donors (Lipinski definition) is 1. The van der Waals surface area contributed by atoms with E-state index in [1.54, 1.807) is 6.07 Å². The zero-order chi connectivity index (χ0) is 23.7. The molecule has 0 bridgehead atoms. The van der Waals surface area contributed by atoms with Gasteiger partial charge < -0.3 is 14.3 Å². The van der Waals surface area contributed by atoms with Gasteiger partial charge in [0.2, 0.25) is 0 Å². The molecule has 166 valence electrons. The molecule has 1 N–H and O–H groups in total. The molecule has 1 unspecified atom stereocenters. The lowest BCUT2D eigenvalue weighted by molar-refractivity contribution is -0.384. The largest absolute Gasteiger partial charge is 0.507 e. The molecule has 1 atom stereocenters. The minimum atomic E-state index is -1.17. The van der Waals surface area contributed by atoms with Gasteiger partial charge in [-0.1, -0.05) is 18.2 Å². The molecule has 1 aliphatic rings. The van der Waals surface area contributed by atoms with Crippen LogP contribution in [0.1, 0.15) is 27.7 Å². The van der Waals surface area contributed by atoms with Gasteiger partial charge >= 0.3 is 5.97 Å². The van der Waals surface area contributed by atoms with Gasteiger partial charge in [-0.3, -0.25) is 24.6 Å². The number of benzene rings is 2. The first kappa shape index (κ1) is 21.5. The second kappa shape index (κ2) is 8.42. The first-order valence-electron chi connectivity index (χ1n) is 9.61. The maximum absolute atomic E-state index is 13.0. The van der Waals surface area contributed by atoms with Gasteiger partial charge in [0, 0.05) is 23.4 Å². The van der Waals surface area contributed by atoms with Crippen LogP contribution >= 0.6 is 0 Å². The monoisotopic (exact) mass is 448 g/mol. The van der Waals surface area contributed by atoms with Crippen LogP contribution in [0.25, 0.3) is 5.76 Å². The van der Waals surface area contributed by atoms with Crippen molar-refractivity contribution in [1.82, 2.24) is 0 Å². The highest BCUT2D eigenvalue weighted by molar-refractivity contribution is 6.51. The van der Waals surface area contributed by atoms with Gasteiger partial charge in [0.1, 0.15) is 17.6 Å². The number of methoxy groups -OCH3 is 1. The van der Waals surface area contributed by atoms with E-state index in [1.807, 2.05) is 0 Å². The standard InChI is InChI=1S/C23H16N2O8/c1-32-23(29)14-6-3-7-15(12-14)24-19(17-9-4-10-33-17)18(21(27)22(24)28)20(26)13-5-2-8-16(11-13)25(30)31/h2-12,19,26H,1H3/b20-18-. The maximum Gasteiger partial charge on any atom is 0.337 e. The molecule has 3 aromatic rings. The number of ether oxygens (including phenoxy) is 1. The van der Waals surface area contributed by atoms with E-state index in [1.165, 1.54) is 61.9 Å². The average Bonchev–Trinajstić information content (AvgIpc) is 3.45. The molecular formula is C23H16N2O8. The van der Waals surface area contributed by atoms with E-state index >= 15 is 0 Å². The molecule has 0 aliphatic carbocycles. The van der Waals surface area contributed by atoms with Crippen molar-refractivity contribution in [2.75, 3.05) is 12.0 Å². The third-order valence-corrected chi connectivity index (χ3v) is 5.13. The highest BCUT2D eigenvalue weighted by atomic mass is 16.6. The van der Waals surface area contributed by atoms with Crippen molar-refractivity contribution < 1.29 is 33.6 Å². The SMILES string of the molecule is COC(=O)c1cccc(N2C(=O)C(=O)/C(=C(\O)c3cccc([N+](=O)[O-])c3)C2c2ccco2)c1. The van der Waals surface area contributed by atoms with Crippen LogP contribution in [0.15, 0.2) is 76.9 Å². The van der Waals surface area contributed by atoms with E-state index < -0.39 is 34.4 Å². The van der Waals surface area contributed by atoms with Crippen LogP contribution < -0.4 is 4.90 Å². The molecule has 4 rings (SSSR count). The van der Waals surface area contributed by atoms with Gasteiger partial charge in [-0.05, 0) is 30.3 Å². The van der Waals surface area contributed by atoms with Crippen molar-refractivity contribution in [1.29, 1.82) is 0 Å². The Hall–Kier alpha value is -4.73. The number of esters is 1. The Labute approximate surface area is 186 Å². The van der Waals surface area contributed by atoms with Crippen LogP contribution in [0.2, 0.25) is 0 Å². The van der Waals surface area contributed by atoms with E-state index in [-0.39, 0.29) is 33.8 Å². The number of hydrogen-bond acceptors (Lipinski definition) is 8. The molecule has 0 spiro atoms. The van der Waals surface area contributed by atoms with E-state index in [0.29, 0.717) is 0 Å². The zero-order valence-electron chi connectivity index (χ0n) is 17.1. The van der Waals surface area contributed by atoms with Gasteiger partial charge in [-0.25, -0.2) is 4.79 Å². The second-order valence-corrected chi connectivity index (χ2v) is 7.03. The smallest absolute Gasteiger partial charge is 0.337 e. The normalized spacial score (nSPS) is 17.2. The third kappa shape index (κ3) is 3.74. The van der Waals surface area contributed by atoms with E-state index in [9.17, 15) is 29.6 Å². The molecule has 1 amide bonds. The molecule has 2 heterocycles. The fourth-order valence-electron chi connectivity index (χ4n) is 3.64. The summed E-state index contributed by atoms with van der Waals surface area (Å²) in [6, 6.07) is 12.9. The average molecular weight is 448 g/mol. The fraction of sp³-hybridized carbons (Fsp3) is 0.0870. The number of aliphatic hydroxyl groups is 1. The number of carbonyl (C=O) groups is 3. The Morgan fingerprint density at radius 2 is 1.82 bits per heavy atom. The summed E-state index contributed by atoms with van der Waals surface area (Å²) in [6.45, 7) is 0. The molecule has 10 nitrogen and oxygen atoms in total. The van der Waals surface area contributed by atoms with Crippen LogP contribution in [0.4, 0.5) is 11.4 Å². The number of amides is 1. The van der Waals surface area contributed by atoms with Gasteiger partial charge in [-0.15, -0.1) is 0 Å². The summed E-state index contributed by atoms with van der Waals surface area (Å²) in [4.78, 5) is 49.6. The number of rotatable bonds is 5. The number of Topliss-reactive ketones (excluding diaryl/α,β-unsaturated/α-hetero) is 1. The van der Waals surface area contributed by atoms with Crippen LogP contribution in [-0.4, -0.2) is 34.8 Å². The minimum Gasteiger partial charge on any atom is -0.507 e. The first-order valence-corrected chi connectivity index (χ1v) is 9.61. The number of aliphatic hydroxyl groups excluding tert-OH is 1. The van der Waals surface area contributed by atoms with Crippen LogP contribution in [0.3, 0.4) is 0 Å². The number of ketones is 1. The van der Waals surface area contributed by atoms with Crippen molar-refractivity contribution in [3.63, 3.8) is 0 Å². The maximum atomic E-state index is 13.0. The topological polar surface area (TPSA) is 140 Å². The van der Waals surface area contributed by atoms with Gasteiger partial charge in [0.25, 0.3) is 17.4 Å². The number of furan rings is 1. The summed E-state index contributed by atoms with van der Waals surface area (Å²) >= 11 is 0. The quantitative estimate of drug-likeness (QED) is 0.156. The Kier molecular flexibility index (Phi) is 5.49. The van der Waals surface area contributed by atoms with E-state index in [2.05, 4.69) is 0 Å². The van der Waals surface area contributed by atoms with Crippen molar-refractivity contribution in [2.45, 2.75) is 6.04 Å². The summed E-state index contributed by atoms with van der Waals surface area (Å²) in [5.74, 6) is -3.04. The molecule has 0 radical (unpaired) electrons. The van der Waals surface area contributed by atoms with Gasteiger partial charge in [-0.2, -0.15) is 0 Å². The highest BCUT2D eigenvalue weighted by Crippen LogP contribution is 2.42. The van der Waals surface area contributed by atoms with Crippen molar-refractivity contribution >= 4 is 34.8 Å². The number of nitrogens with zero attached hydrogens (tertiary/aromatic N) is 2. The van der Waals surface area contributed by atoms with Gasteiger partial charge in [0.05, 0.1) is 29.4 Å². The third-order valence-electron chi connectivity index (χ3n) is 5.13. The summed E-state index contributed by atoms with van der Waals surface area (Å²) in [5, 5.41) is 22.1. The Balaban J connectivity index is 1.91. The summed E-state index contributed by atoms with van der Waals surface area (Å²) < 4.78 is 10.2. The lowest BCUT2D eigenvalue weighted by Crippen LogP contribution is -2.29. The highest BCUT2D eigenvalue weighted by Gasteiger charge is 2.48. The van der Waals surface area contributed by atoms with Crippen molar-refractivity contribution in [3.05, 3.63) is 99.5 Å². The summed E-state index contributed by atoms with van der Waals surface area (Å²) in [5.41, 5.74) is -0.275. The second-order valence-electron chi connectivity index (χ2n) is 7.03. The molecule has 10 heteroatoms. The first-order chi connectivity index (χ1) is 15.8. The molecule has 1 fully saturated rings. The van der Waals surface area contributed by atoms with E-state index in [0.717, 1.165) is 11.0 Å². The van der Waals surface area contributed by atoms with Crippen molar-refractivity contribution in [3.8, 4) is 0 Å². The number of non-ortho nitro benzene ring substituents is 1. The predicted molar refractivity (Wildman–Crippen MR) is 114 cm³/mol.